The number of aromatic nitrogens is 1. The van der Waals surface area contributed by atoms with Crippen LogP contribution in [0.25, 0.3) is 16.1 Å². The Hall–Kier alpha value is -2.58. The number of aliphatic hydroxyl groups excluding tert-OH is 1. The number of aliphatic hydroxyl groups is 1. The van der Waals surface area contributed by atoms with Crippen molar-refractivity contribution in [1.29, 1.82) is 5.41 Å². The van der Waals surface area contributed by atoms with Crippen LogP contribution in [-0.2, 0) is 0 Å². The fraction of sp³-hybridized carbons (Fsp3) is 0.0588. The van der Waals surface area contributed by atoms with Gasteiger partial charge < -0.3 is 10.0 Å². The lowest BCUT2D eigenvalue weighted by Crippen LogP contribution is -2.27. The largest absolute Gasteiger partial charge is 0.510 e. The summed E-state index contributed by atoms with van der Waals surface area (Å²) in [5, 5.41) is 22.9. The minimum Gasteiger partial charge on any atom is -0.510 e. The van der Waals surface area contributed by atoms with E-state index in [9.17, 15) is 13.9 Å². The van der Waals surface area contributed by atoms with Gasteiger partial charge in [0.05, 0.1) is 28.4 Å². The molecule has 126 valence electrons. The van der Waals surface area contributed by atoms with Gasteiger partial charge >= 0.3 is 0 Å². The summed E-state index contributed by atoms with van der Waals surface area (Å²) in [4.78, 5) is 6.70. The average molecular weight is 375 g/mol. The van der Waals surface area contributed by atoms with Gasteiger partial charge in [0.25, 0.3) is 0 Å². The molecule has 0 spiro atoms. The summed E-state index contributed by atoms with van der Waals surface area (Å²) < 4.78 is 27.5. The molecule has 4 nitrogen and oxygen atoms in total. The van der Waals surface area contributed by atoms with Crippen molar-refractivity contribution in [1.82, 2.24) is 4.98 Å². The molecule has 0 saturated carbocycles. The van der Waals surface area contributed by atoms with Crippen LogP contribution in [0, 0.1) is 17.0 Å². The predicted octanol–water partition coefficient (Wildman–Crippen LogP) is 4.92. The van der Waals surface area contributed by atoms with Crippen molar-refractivity contribution in [3.05, 3.63) is 63.5 Å². The lowest BCUT2D eigenvalue weighted by Gasteiger charge is -2.19. The SMILES string of the molecule is N=C1C(c2nc(-c3cccs3)cs2)=C(O)CN1c1cc(F)ccc1F. The van der Waals surface area contributed by atoms with Crippen molar-refractivity contribution in [3.8, 4) is 10.6 Å². The number of hydrogen-bond donors (Lipinski definition) is 2. The first-order chi connectivity index (χ1) is 12.0. The number of benzene rings is 1. The molecule has 4 rings (SSSR count). The molecule has 0 saturated heterocycles. The molecular weight excluding hydrogens is 364 g/mol. The zero-order chi connectivity index (χ0) is 17.6. The Morgan fingerprint density at radius 1 is 1.20 bits per heavy atom. The van der Waals surface area contributed by atoms with E-state index in [4.69, 9.17) is 5.41 Å². The molecule has 1 aliphatic heterocycles. The second-order valence-corrected chi connectivity index (χ2v) is 7.17. The Bertz CT molecular complexity index is 995. The van der Waals surface area contributed by atoms with E-state index in [1.807, 2.05) is 22.9 Å². The van der Waals surface area contributed by atoms with Crippen LogP contribution in [0.2, 0.25) is 0 Å². The van der Waals surface area contributed by atoms with Crippen molar-refractivity contribution in [2.75, 3.05) is 11.4 Å². The lowest BCUT2D eigenvalue weighted by molar-refractivity contribution is 0.411. The number of rotatable bonds is 3. The summed E-state index contributed by atoms with van der Waals surface area (Å²) in [5.74, 6) is -1.44. The lowest BCUT2D eigenvalue weighted by atomic mass is 10.2. The molecule has 0 atom stereocenters. The summed E-state index contributed by atoms with van der Waals surface area (Å²) in [5.41, 5.74) is 0.927. The number of amidine groups is 1. The van der Waals surface area contributed by atoms with Crippen LogP contribution >= 0.6 is 22.7 Å². The van der Waals surface area contributed by atoms with Crippen molar-refractivity contribution in [3.63, 3.8) is 0 Å². The van der Waals surface area contributed by atoms with Gasteiger partial charge in [-0.25, -0.2) is 13.8 Å². The Kier molecular flexibility index (Phi) is 3.85. The topological polar surface area (TPSA) is 60.2 Å². The van der Waals surface area contributed by atoms with Gasteiger partial charge in [0.1, 0.15) is 28.2 Å². The molecule has 0 amide bonds. The van der Waals surface area contributed by atoms with E-state index in [0.717, 1.165) is 28.8 Å². The van der Waals surface area contributed by atoms with Gasteiger partial charge in [0.15, 0.2) is 0 Å². The van der Waals surface area contributed by atoms with Gasteiger partial charge in [-0.05, 0) is 23.6 Å². The molecule has 2 N–H and O–H groups in total. The van der Waals surface area contributed by atoms with E-state index in [1.165, 1.54) is 16.2 Å². The molecule has 8 heteroatoms. The molecule has 0 radical (unpaired) electrons. The summed E-state index contributed by atoms with van der Waals surface area (Å²) in [6.07, 6.45) is 0. The van der Waals surface area contributed by atoms with E-state index >= 15 is 0 Å². The van der Waals surface area contributed by atoms with Crippen LogP contribution in [0.5, 0.6) is 0 Å². The second-order valence-electron chi connectivity index (χ2n) is 5.37. The van der Waals surface area contributed by atoms with Crippen LogP contribution in [0.3, 0.4) is 0 Å². The number of hydrogen-bond acceptors (Lipinski definition) is 5. The predicted molar refractivity (Wildman–Crippen MR) is 96.4 cm³/mol. The first-order valence-corrected chi connectivity index (χ1v) is 9.04. The highest BCUT2D eigenvalue weighted by molar-refractivity contribution is 7.14. The normalized spacial score (nSPS) is 14.6. The third-order valence-electron chi connectivity index (χ3n) is 3.79. The summed E-state index contributed by atoms with van der Waals surface area (Å²) in [6.45, 7) is -0.0948. The van der Waals surface area contributed by atoms with Crippen LogP contribution < -0.4 is 4.90 Å². The highest BCUT2D eigenvalue weighted by Gasteiger charge is 2.32. The van der Waals surface area contributed by atoms with Gasteiger partial charge in [0, 0.05) is 11.4 Å². The Morgan fingerprint density at radius 3 is 2.80 bits per heavy atom. The first-order valence-electron chi connectivity index (χ1n) is 7.28. The molecule has 0 fully saturated rings. The van der Waals surface area contributed by atoms with Gasteiger partial charge in [-0.1, -0.05) is 6.07 Å². The van der Waals surface area contributed by atoms with Crippen molar-refractivity contribution in [2.24, 2.45) is 0 Å². The number of anilines is 1. The zero-order valence-corrected chi connectivity index (χ0v) is 14.3. The summed E-state index contributed by atoms with van der Waals surface area (Å²) >= 11 is 2.84. The van der Waals surface area contributed by atoms with E-state index in [1.54, 1.807) is 11.3 Å². The van der Waals surface area contributed by atoms with Gasteiger partial charge in [-0.15, -0.1) is 22.7 Å². The average Bonchev–Trinajstić information content (AvgIpc) is 3.30. The van der Waals surface area contributed by atoms with Crippen molar-refractivity contribution >= 4 is 39.8 Å². The smallest absolute Gasteiger partial charge is 0.147 e. The van der Waals surface area contributed by atoms with Crippen LogP contribution in [0.4, 0.5) is 14.5 Å². The third kappa shape index (κ3) is 2.73. The Balaban J connectivity index is 1.69. The van der Waals surface area contributed by atoms with Crippen molar-refractivity contribution < 1.29 is 13.9 Å². The maximum absolute atomic E-state index is 14.0. The molecular formula is C17H11F2N3OS2. The number of thiazole rings is 1. The molecule has 2 aromatic heterocycles. The fourth-order valence-electron chi connectivity index (χ4n) is 2.63. The van der Waals surface area contributed by atoms with E-state index in [2.05, 4.69) is 4.98 Å². The Labute approximate surface area is 149 Å². The molecule has 0 unspecified atom stereocenters. The molecule has 1 aromatic carbocycles. The van der Waals surface area contributed by atoms with Gasteiger partial charge in [-0.2, -0.15) is 0 Å². The minimum absolute atomic E-state index is 0.0819. The van der Waals surface area contributed by atoms with Gasteiger partial charge in [-0.3, -0.25) is 5.41 Å². The minimum atomic E-state index is -0.654. The molecule has 0 bridgehead atoms. The third-order valence-corrected chi connectivity index (χ3v) is 5.55. The molecule has 3 heterocycles. The number of halogens is 2. The van der Waals surface area contributed by atoms with E-state index in [0.29, 0.717) is 5.01 Å². The highest BCUT2D eigenvalue weighted by Crippen LogP contribution is 2.36. The van der Waals surface area contributed by atoms with E-state index < -0.39 is 11.6 Å². The monoisotopic (exact) mass is 375 g/mol. The molecule has 1 aliphatic rings. The molecule has 25 heavy (non-hydrogen) atoms. The Morgan fingerprint density at radius 2 is 2.04 bits per heavy atom. The number of thiophene rings is 1. The standard InChI is InChI=1S/C17H11F2N3OS2/c18-9-3-4-10(19)12(6-9)22-7-13(23)15(16(22)20)17-21-11(8-25-17)14-2-1-5-24-14/h1-6,8,20,23H,7H2. The zero-order valence-electron chi connectivity index (χ0n) is 12.7. The van der Waals surface area contributed by atoms with Crippen LogP contribution in [0.15, 0.2) is 46.9 Å². The van der Waals surface area contributed by atoms with Gasteiger partial charge in [0.2, 0.25) is 0 Å². The molecule has 3 aromatic rings. The van der Waals surface area contributed by atoms with Crippen LogP contribution in [-0.4, -0.2) is 22.5 Å². The maximum Gasteiger partial charge on any atom is 0.147 e. The quantitative estimate of drug-likeness (QED) is 0.683. The fourth-order valence-corrected chi connectivity index (χ4v) is 4.28. The summed E-state index contributed by atoms with van der Waals surface area (Å²) in [6, 6.07) is 6.89. The maximum atomic E-state index is 14.0. The van der Waals surface area contributed by atoms with E-state index in [-0.39, 0.29) is 29.4 Å². The first kappa shape index (κ1) is 15.9. The number of nitrogens with one attached hydrogen (secondary N) is 1. The molecule has 0 aliphatic carbocycles. The summed E-state index contributed by atoms with van der Waals surface area (Å²) in [7, 11) is 0. The van der Waals surface area contributed by atoms with Crippen LogP contribution in [0.1, 0.15) is 5.01 Å². The number of nitrogens with zero attached hydrogens (tertiary/aromatic N) is 2. The van der Waals surface area contributed by atoms with Crippen molar-refractivity contribution in [2.45, 2.75) is 0 Å². The highest BCUT2D eigenvalue weighted by atomic mass is 32.1. The second kappa shape index (κ2) is 6.05.